The number of rotatable bonds is 2. The molecule has 0 radical (unpaired) electrons. The highest BCUT2D eigenvalue weighted by atomic mass is 16.5. The molecule has 3 heterocycles. The average Bonchev–Trinajstić information content (AvgIpc) is 3.14. The maximum atomic E-state index is 12.5. The number of fused-ring (bicyclic) bond motifs is 5. The van der Waals surface area contributed by atoms with Crippen molar-refractivity contribution in [2.24, 2.45) is 11.8 Å². The van der Waals surface area contributed by atoms with Gasteiger partial charge in [0.15, 0.2) is 0 Å². The monoisotopic (exact) mass is 271 g/mol. The van der Waals surface area contributed by atoms with Crippen LogP contribution in [0.3, 0.4) is 0 Å². The van der Waals surface area contributed by atoms with Gasteiger partial charge in [-0.2, -0.15) is 0 Å². The molecule has 2 bridgehead atoms. The maximum absolute atomic E-state index is 12.5. The predicted octanol–water partition coefficient (Wildman–Crippen LogP) is 1.14. The molecule has 0 spiro atoms. The Hall–Kier alpha value is -2.14. The first kappa shape index (κ1) is 11.7. The van der Waals surface area contributed by atoms with E-state index in [1.165, 1.54) is 4.90 Å². The summed E-state index contributed by atoms with van der Waals surface area (Å²) in [6.07, 6.45) is 3.28. The van der Waals surface area contributed by atoms with Crippen LogP contribution in [-0.4, -0.2) is 31.1 Å². The van der Waals surface area contributed by atoms with Crippen LogP contribution in [0.25, 0.3) is 0 Å². The second kappa shape index (κ2) is 3.93. The van der Waals surface area contributed by atoms with Crippen molar-refractivity contribution in [1.82, 2.24) is 0 Å². The Balaban J connectivity index is 1.70. The van der Waals surface area contributed by atoms with Crippen LogP contribution in [-0.2, 0) is 14.3 Å². The van der Waals surface area contributed by atoms with Crippen molar-refractivity contribution in [3.8, 4) is 5.75 Å². The SMILES string of the molecule is COc1ccc(N2C(=O)C3C4C=CC(O4)C3C2=O)cc1. The van der Waals surface area contributed by atoms with Gasteiger partial charge in [0.05, 0.1) is 36.8 Å². The molecule has 20 heavy (non-hydrogen) atoms. The molecule has 3 aliphatic heterocycles. The number of amides is 2. The number of anilines is 1. The van der Waals surface area contributed by atoms with E-state index in [2.05, 4.69) is 0 Å². The van der Waals surface area contributed by atoms with Crippen molar-refractivity contribution in [1.29, 1.82) is 0 Å². The van der Waals surface area contributed by atoms with Gasteiger partial charge in [-0.25, -0.2) is 4.90 Å². The first-order chi connectivity index (χ1) is 9.70. The van der Waals surface area contributed by atoms with Gasteiger partial charge in [0, 0.05) is 0 Å². The number of hydrogen-bond donors (Lipinski definition) is 0. The van der Waals surface area contributed by atoms with Crippen LogP contribution < -0.4 is 9.64 Å². The number of imide groups is 1. The van der Waals surface area contributed by atoms with Crippen LogP contribution in [0.15, 0.2) is 36.4 Å². The van der Waals surface area contributed by atoms with E-state index >= 15 is 0 Å². The molecule has 3 aliphatic rings. The third-order valence-electron chi connectivity index (χ3n) is 4.24. The third-order valence-corrected chi connectivity index (χ3v) is 4.24. The van der Waals surface area contributed by atoms with Gasteiger partial charge in [-0.05, 0) is 24.3 Å². The minimum absolute atomic E-state index is 0.165. The van der Waals surface area contributed by atoms with Gasteiger partial charge in [0.1, 0.15) is 5.75 Å². The summed E-state index contributed by atoms with van der Waals surface area (Å²) in [5.41, 5.74) is 0.592. The quantitative estimate of drug-likeness (QED) is 0.598. The Morgan fingerprint density at radius 2 is 1.55 bits per heavy atom. The lowest BCUT2D eigenvalue weighted by molar-refractivity contribution is -0.124. The molecule has 0 aliphatic carbocycles. The highest BCUT2D eigenvalue weighted by molar-refractivity contribution is 6.23. The van der Waals surface area contributed by atoms with Crippen LogP contribution in [0.1, 0.15) is 0 Å². The normalized spacial score (nSPS) is 34.0. The van der Waals surface area contributed by atoms with Gasteiger partial charge in [-0.3, -0.25) is 9.59 Å². The van der Waals surface area contributed by atoms with Crippen molar-refractivity contribution in [2.75, 3.05) is 12.0 Å². The second-order valence-corrected chi connectivity index (χ2v) is 5.21. The number of ether oxygens (including phenoxy) is 2. The summed E-state index contributed by atoms with van der Waals surface area (Å²) in [6.45, 7) is 0. The Morgan fingerprint density at radius 1 is 1.00 bits per heavy atom. The molecular formula is C15H13NO4. The first-order valence-corrected chi connectivity index (χ1v) is 6.56. The Labute approximate surface area is 115 Å². The van der Waals surface area contributed by atoms with E-state index in [1.807, 2.05) is 12.2 Å². The van der Waals surface area contributed by atoms with Gasteiger partial charge in [0.25, 0.3) is 0 Å². The molecule has 2 saturated heterocycles. The van der Waals surface area contributed by atoms with Crippen molar-refractivity contribution >= 4 is 17.5 Å². The molecule has 5 heteroatoms. The molecule has 5 nitrogen and oxygen atoms in total. The number of hydrogen-bond acceptors (Lipinski definition) is 4. The largest absolute Gasteiger partial charge is 0.497 e. The van der Waals surface area contributed by atoms with Crippen LogP contribution in [0, 0.1) is 11.8 Å². The van der Waals surface area contributed by atoms with E-state index < -0.39 is 0 Å². The van der Waals surface area contributed by atoms with Crippen LogP contribution in [0.5, 0.6) is 5.75 Å². The van der Waals surface area contributed by atoms with Crippen molar-refractivity contribution in [3.05, 3.63) is 36.4 Å². The molecular weight excluding hydrogens is 258 g/mol. The molecule has 4 rings (SSSR count). The van der Waals surface area contributed by atoms with E-state index in [-0.39, 0.29) is 35.9 Å². The lowest BCUT2D eigenvalue weighted by Gasteiger charge is -2.17. The standard InChI is InChI=1S/C15H13NO4/c1-19-9-4-2-8(3-5-9)16-14(17)12-10-6-7-11(20-10)13(12)15(16)18/h2-7,10-13H,1H3. The number of benzene rings is 1. The van der Waals surface area contributed by atoms with Crippen LogP contribution in [0.4, 0.5) is 5.69 Å². The summed E-state index contributed by atoms with van der Waals surface area (Å²) in [7, 11) is 1.58. The molecule has 2 amide bonds. The van der Waals surface area contributed by atoms with E-state index in [4.69, 9.17) is 9.47 Å². The lowest BCUT2D eigenvalue weighted by Crippen LogP contribution is -2.34. The highest BCUT2D eigenvalue weighted by Gasteiger charge is 2.60. The van der Waals surface area contributed by atoms with E-state index in [1.54, 1.807) is 31.4 Å². The van der Waals surface area contributed by atoms with Crippen molar-refractivity contribution in [2.45, 2.75) is 12.2 Å². The predicted molar refractivity (Wildman–Crippen MR) is 70.3 cm³/mol. The minimum Gasteiger partial charge on any atom is -0.497 e. The molecule has 0 saturated carbocycles. The summed E-state index contributed by atoms with van der Waals surface area (Å²) >= 11 is 0. The summed E-state index contributed by atoms with van der Waals surface area (Å²) in [5, 5.41) is 0. The minimum atomic E-state index is -0.361. The number of carbonyl (C=O) groups is 2. The fourth-order valence-electron chi connectivity index (χ4n) is 3.29. The fourth-order valence-corrected chi connectivity index (χ4v) is 3.29. The second-order valence-electron chi connectivity index (χ2n) is 5.21. The Morgan fingerprint density at radius 3 is 2.05 bits per heavy atom. The number of carbonyl (C=O) groups excluding carboxylic acids is 2. The zero-order valence-corrected chi connectivity index (χ0v) is 10.9. The van der Waals surface area contributed by atoms with Crippen LogP contribution in [0.2, 0.25) is 0 Å². The highest BCUT2D eigenvalue weighted by Crippen LogP contribution is 2.46. The zero-order valence-electron chi connectivity index (χ0n) is 10.9. The van der Waals surface area contributed by atoms with E-state index in [0.717, 1.165) is 0 Å². The molecule has 4 atom stereocenters. The number of nitrogens with zero attached hydrogens (tertiary/aromatic N) is 1. The van der Waals surface area contributed by atoms with Gasteiger partial charge >= 0.3 is 0 Å². The Bertz CT molecular complexity index is 591. The Kier molecular flexibility index (Phi) is 2.29. The van der Waals surface area contributed by atoms with E-state index in [9.17, 15) is 9.59 Å². The molecule has 0 aromatic heterocycles. The summed E-state index contributed by atoms with van der Waals surface area (Å²) in [4.78, 5) is 26.3. The third kappa shape index (κ3) is 1.35. The molecule has 4 unspecified atom stereocenters. The number of methoxy groups -OCH3 is 1. The van der Waals surface area contributed by atoms with Crippen molar-refractivity contribution < 1.29 is 19.1 Å². The maximum Gasteiger partial charge on any atom is 0.240 e. The fraction of sp³-hybridized carbons (Fsp3) is 0.333. The molecule has 0 N–H and O–H groups in total. The van der Waals surface area contributed by atoms with Gasteiger partial charge in [-0.15, -0.1) is 0 Å². The van der Waals surface area contributed by atoms with Crippen molar-refractivity contribution in [3.63, 3.8) is 0 Å². The molecule has 1 aromatic carbocycles. The molecule has 1 aromatic rings. The topological polar surface area (TPSA) is 55.8 Å². The van der Waals surface area contributed by atoms with Gasteiger partial charge in [-0.1, -0.05) is 12.2 Å². The summed E-state index contributed by atoms with van der Waals surface area (Å²) < 4.78 is 10.7. The van der Waals surface area contributed by atoms with Gasteiger partial charge < -0.3 is 9.47 Å². The first-order valence-electron chi connectivity index (χ1n) is 6.56. The molecule has 2 fully saturated rings. The van der Waals surface area contributed by atoms with Crippen LogP contribution >= 0.6 is 0 Å². The molecule has 102 valence electrons. The van der Waals surface area contributed by atoms with E-state index in [0.29, 0.717) is 11.4 Å². The lowest BCUT2D eigenvalue weighted by atomic mass is 9.85. The smallest absolute Gasteiger partial charge is 0.240 e. The van der Waals surface area contributed by atoms with Gasteiger partial charge in [0.2, 0.25) is 11.8 Å². The average molecular weight is 271 g/mol. The summed E-state index contributed by atoms with van der Waals surface area (Å²) in [6, 6.07) is 6.94. The zero-order chi connectivity index (χ0) is 13.9. The summed E-state index contributed by atoms with van der Waals surface area (Å²) in [5.74, 6) is -0.360.